The first kappa shape index (κ1) is 16.5. The highest BCUT2D eigenvalue weighted by Crippen LogP contribution is 2.26. The number of sulfonamides is 1. The monoisotopic (exact) mass is 323 g/mol. The van der Waals surface area contributed by atoms with Gasteiger partial charge in [0.1, 0.15) is 9.09 Å². The van der Waals surface area contributed by atoms with Crippen molar-refractivity contribution in [2.75, 3.05) is 19.1 Å². The molecule has 0 saturated carbocycles. The van der Waals surface area contributed by atoms with E-state index in [2.05, 4.69) is 0 Å². The minimum atomic E-state index is -3.60. The number of hydrogen-bond acceptors (Lipinski definition) is 5. The van der Waals surface area contributed by atoms with Crippen molar-refractivity contribution in [2.24, 2.45) is 0 Å². The Morgan fingerprint density at radius 1 is 1.53 bits per heavy atom. The van der Waals surface area contributed by atoms with Crippen LogP contribution in [-0.4, -0.2) is 48.9 Å². The molecule has 8 heteroatoms. The van der Waals surface area contributed by atoms with E-state index in [4.69, 9.17) is 5.11 Å². The Hall–Kier alpha value is -0.570. The maximum Gasteiger partial charge on any atom is 0.345 e. The fourth-order valence-electron chi connectivity index (χ4n) is 1.42. The zero-order valence-electron chi connectivity index (χ0n) is 11.0. The second kappa shape index (κ2) is 6.74. The minimum absolute atomic E-state index is 0.0312. The molecular weight excluding hydrogens is 306 g/mol. The quantitative estimate of drug-likeness (QED) is 0.832. The molecule has 0 aliphatic heterocycles. The molecule has 1 atom stereocenters. The number of thioether (sulfide) groups is 1. The van der Waals surface area contributed by atoms with Crippen LogP contribution in [0.2, 0.25) is 0 Å². The molecule has 0 fully saturated rings. The standard InChI is InChI=1S/C11H17NO4S3/c1-8(6-7-17-3)12(2)19(15,16)10-5-4-9(18-10)11(13)14/h4-5,8H,6-7H2,1-3H3,(H,13,14). The van der Waals surface area contributed by atoms with Gasteiger partial charge in [0, 0.05) is 13.1 Å². The molecule has 1 aromatic heterocycles. The molecule has 1 heterocycles. The average Bonchev–Trinajstić information content (AvgIpc) is 2.85. The fraction of sp³-hybridized carbons (Fsp3) is 0.545. The number of carboxylic acid groups (broad SMARTS) is 1. The van der Waals surface area contributed by atoms with Gasteiger partial charge in [-0.25, -0.2) is 13.2 Å². The number of thiophene rings is 1. The maximum atomic E-state index is 12.3. The number of rotatable bonds is 7. The predicted molar refractivity (Wildman–Crippen MR) is 78.7 cm³/mol. The predicted octanol–water partition coefficient (Wildman–Crippen LogP) is 2.21. The topological polar surface area (TPSA) is 74.7 Å². The second-order valence-corrected chi connectivity index (χ2v) is 8.37. The van der Waals surface area contributed by atoms with Crippen molar-refractivity contribution in [3.8, 4) is 0 Å². The summed E-state index contributed by atoms with van der Waals surface area (Å²) in [6.45, 7) is 1.85. The molecule has 5 nitrogen and oxygen atoms in total. The summed E-state index contributed by atoms with van der Waals surface area (Å²) in [5.74, 6) is -0.226. The third-order valence-corrected chi connectivity index (χ3v) is 6.94. The van der Waals surface area contributed by atoms with Gasteiger partial charge < -0.3 is 5.11 Å². The van der Waals surface area contributed by atoms with E-state index in [-0.39, 0.29) is 15.1 Å². The molecule has 1 rings (SSSR count). The van der Waals surface area contributed by atoms with Gasteiger partial charge in [-0.2, -0.15) is 16.1 Å². The number of hydrogen-bond donors (Lipinski definition) is 1. The van der Waals surface area contributed by atoms with E-state index < -0.39 is 16.0 Å². The van der Waals surface area contributed by atoms with Crippen molar-refractivity contribution in [3.63, 3.8) is 0 Å². The third-order valence-electron chi connectivity index (χ3n) is 2.79. The van der Waals surface area contributed by atoms with Crippen LogP contribution in [0.1, 0.15) is 23.0 Å². The first-order valence-electron chi connectivity index (χ1n) is 5.60. The lowest BCUT2D eigenvalue weighted by molar-refractivity contribution is 0.0702. The summed E-state index contributed by atoms with van der Waals surface area (Å²) in [7, 11) is -2.07. The molecule has 0 amide bonds. The normalized spacial score (nSPS) is 13.7. The van der Waals surface area contributed by atoms with Gasteiger partial charge in [0.05, 0.1) is 0 Å². The first-order valence-corrected chi connectivity index (χ1v) is 9.26. The molecule has 1 N–H and O–H groups in total. The molecule has 0 bridgehead atoms. The summed E-state index contributed by atoms with van der Waals surface area (Å²) in [4.78, 5) is 10.8. The highest BCUT2D eigenvalue weighted by Gasteiger charge is 2.27. The molecule has 1 aromatic rings. The highest BCUT2D eigenvalue weighted by molar-refractivity contribution is 7.98. The van der Waals surface area contributed by atoms with Gasteiger partial charge >= 0.3 is 5.97 Å². The number of carbonyl (C=O) groups is 1. The van der Waals surface area contributed by atoms with Crippen molar-refractivity contribution < 1.29 is 18.3 Å². The van der Waals surface area contributed by atoms with Crippen molar-refractivity contribution in [1.82, 2.24) is 4.31 Å². The molecule has 0 aromatic carbocycles. The van der Waals surface area contributed by atoms with Crippen LogP contribution >= 0.6 is 23.1 Å². The van der Waals surface area contributed by atoms with Crippen LogP contribution in [0, 0.1) is 0 Å². The average molecular weight is 323 g/mol. The summed E-state index contributed by atoms with van der Waals surface area (Å²) in [5.41, 5.74) is 0. The van der Waals surface area contributed by atoms with Crippen LogP contribution in [0.4, 0.5) is 0 Å². The third kappa shape index (κ3) is 3.95. The Labute approximate surface area is 121 Å². The van der Waals surface area contributed by atoms with Gasteiger partial charge in [-0.15, -0.1) is 11.3 Å². The first-order chi connectivity index (χ1) is 8.80. The second-order valence-electron chi connectivity index (χ2n) is 4.08. The van der Waals surface area contributed by atoms with Crippen LogP contribution in [0.15, 0.2) is 16.3 Å². The molecule has 19 heavy (non-hydrogen) atoms. The van der Waals surface area contributed by atoms with Crippen LogP contribution in [0.5, 0.6) is 0 Å². The summed E-state index contributed by atoms with van der Waals surface area (Å²) in [5, 5.41) is 8.83. The van der Waals surface area contributed by atoms with Crippen LogP contribution in [-0.2, 0) is 10.0 Å². The van der Waals surface area contributed by atoms with Gasteiger partial charge in [0.25, 0.3) is 10.0 Å². The minimum Gasteiger partial charge on any atom is -0.477 e. The molecule has 108 valence electrons. The zero-order chi connectivity index (χ0) is 14.6. The van der Waals surface area contributed by atoms with E-state index in [0.29, 0.717) is 0 Å². The molecule has 0 spiro atoms. The van der Waals surface area contributed by atoms with Crippen LogP contribution in [0.3, 0.4) is 0 Å². The van der Waals surface area contributed by atoms with E-state index in [9.17, 15) is 13.2 Å². The zero-order valence-corrected chi connectivity index (χ0v) is 13.4. The van der Waals surface area contributed by atoms with Crippen molar-refractivity contribution in [3.05, 3.63) is 17.0 Å². The molecule has 0 saturated heterocycles. The van der Waals surface area contributed by atoms with Crippen LogP contribution < -0.4 is 0 Å². The van der Waals surface area contributed by atoms with E-state index in [1.165, 1.54) is 23.5 Å². The Balaban J connectivity index is 2.92. The number of nitrogens with zero attached hydrogens (tertiary/aromatic N) is 1. The van der Waals surface area contributed by atoms with Gasteiger partial charge in [-0.3, -0.25) is 0 Å². The summed E-state index contributed by atoms with van der Waals surface area (Å²) in [6.07, 6.45) is 2.73. The van der Waals surface area contributed by atoms with E-state index in [1.807, 2.05) is 13.2 Å². The van der Waals surface area contributed by atoms with Crippen molar-refractivity contribution in [2.45, 2.75) is 23.6 Å². The smallest absolute Gasteiger partial charge is 0.345 e. The van der Waals surface area contributed by atoms with E-state index in [0.717, 1.165) is 23.5 Å². The van der Waals surface area contributed by atoms with Gasteiger partial charge in [-0.05, 0) is 37.5 Å². The lowest BCUT2D eigenvalue weighted by Gasteiger charge is -2.23. The van der Waals surface area contributed by atoms with E-state index in [1.54, 1.807) is 11.8 Å². The number of aromatic carboxylic acids is 1. The Morgan fingerprint density at radius 2 is 2.16 bits per heavy atom. The summed E-state index contributed by atoms with van der Waals surface area (Å²) in [6, 6.07) is 2.55. The van der Waals surface area contributed by atoms with E-state index >= 15 is 0 Å². The fourth-order valence-corrected chi connectivity index (χ4v) is 4.72. The lowest BCUT2D eigenvalue weighted by atomic mass is 10.3. The Kier molecular flexibility index (Phi) is 5.84. The molecule has 0 aliphatic rings. The van der Waals surface area contributed by atoms with Gasteiger partial charge in [0.2, 0.25) is 0 Å². The van der Waals surface area contributed by atoms with Crippen molar-refractivity contribution in [1.29, 1.82) is 0 Å². The number of carboxylic acids is 1. The lowest BCUT2D eigenvalue weighted by Crippen LogP contribution is -2.35. The van der Waals surface area contributed by atoms with Gasteiger partial charge in [0.15, 0.2) is 0 Å². The molecule has 0 aliphatic carbocycles. The highest BCUT2D eigenvalue weighted by atomic mass is 32.2. The van der Waals surface area contributed by atoms with Crippen molar-refractivity contribution >= 4 is 39.1 Å². The largest absolute Gasteiger partial charge is 0.477 e. The van der Waals surface area contributed by atoms with Gasteiger partial charge in [-0.1, -0.05) is 0 Å². The summed E-state index contributed by atoms with van der Waals surface area (Å²) >= 11 is 2.45. The Morgan fingerprint density at radius 3 is 2.63 bits per heavy atom. The summed E-state index contributed by atoms with van der Waals surface area (Å²) < 4.78 is 26.0. The molecular formula is C11H17NO4S3. The maximum absolute atomic E-state index is 12.3. The Bertz CT molecular complexity index is 538. The molecule has 0 radical (unpaired) electrons. The SMILES string of the molecule is CSCCC(C)N(C)S(=O)(=O)c1ccc(C(=O)O)s1. The van der Waals surface area contributed by atoms with Crippen LogP contribution in [0.25, 0.3) is 0 Å². The molecule has 1 unspecified atom stereocenters.